The topological polar surface area (TPSA) is 41.1 Å². The van der Waals surface area contributed by atoms with Crippen molar-refractivity contribution in [3.05, 3.63) is 29.3 Å². The first-order valence-corrected chi connectivity index (χ1v) is 7.78. The number of amides is 1. The van der Waals surface area contributed by atoms with E-state index in [4.69, 9.17) is 11.6 Å². The number of hydrogen-bond acceptors (Lipinski definition) is 2. The third kappa shape index (κ3) is 4.80. The smallest absolute Gasteiger partial charge is 0.238 e. The van der Waals surface area contributed by atoms with Gasteiger partial charge in [0.05, 0.1) is 17.3 Å². The zero-order valence-corrected chi connectivity index (χ0v) is 12.7. The van der Waals surface area contributed by atoms with Gasteiger partial charge in [0.1, 0.15) is 0 Å². The molecule has 1 aliphatic carbocycles. The second-order valence-corrected chi connectivity index (χ2v) is 6.19. The van der Waals surface area contributed by atoms with Crippen LogP contribution >= 0.6 is 11.6 Å². The van der Waals surface area contributed by atoms with Gasteiger partial charge in [0.25, 0.3) is 0 Å². The fourth-order valence-electron chi connectivity index (χ4n) is 2.68. The normalized spacial score (nSPS) is 22.5. The maximum atomic E-state index is 11.8. The third-order valence-corrected chi connectivity index (χ3v) is 4.33. The molecule has 1 fully saturated rings. The van der Waals surface area contributed by atoms with Crippen LogP contribution in [0.4, 0.5) is 5.69 Å². The number of halogens is 1. The van der Waals surface area contributed by atoms with Crippen LogP contribution in [0.5, 0.6) is 0 Å². The first kappa shape index (κ1) is 15.3. The molecule has 1 aromatic carbocycles. The van der Waals surface area contributed by atoms with Crippen molar-refractivity contribution in [2.24, 2.45) is 11.8 Å². The van der Waals surface area contributed by atoms with Crippen molar-refractivity contribution >= 4 is 23.2 Å². The quantitative estimate of drug-likeness (QED) is 0.869. The molecule has 0 atom stereocenters. The van der Waals surface area contributed by atoms with E-state index in [0.29, 0.717) is 17.3 Å². The fraction of sp³-hybridized carbons (Fsp3) is 0.562. The molecule has 4 heteroatoms. The second-order valence-electron chi connectivity index (χ2n) is 5.78. The molecule has 110 valence electrons. The molecule has 1 saturated carbocycles. The predicted octanol–water partition coefficient (Wildman–Crippen LogP) is 3.69. The molecule has 0 heterocycles. The Morgan fingerprint density at radius 2 is 1.95 bits per heavy atom. The fourth-order valence-corrected chi connectivity index (χ4v) is 2.86. The lowest BCUT2D eigenvalue weighted by Gasteiger charge is -2.26. The molecule has 0 bridgehead atoms. The lowest BCUT2D eigenvalue weighted by molar-refractivity contribution is -0.115. The molecule has 1 amide bonds. The Balaban J connectivity index is 1.67. The van der Waals surface area contributed by atoms with Gasteiger partial charge >= 0.3 is 0 Å². The molecular formula is C16H23ClN2O. The highest BCUT2D eigenvalue weighted by molar-refractivity contribution is 6.33. The van der Waals surface area contributed by atoms with Crippen molar-refractivity contribution in [3.8, 4) is 0 Å². The van der Waals surface area contributed by atoms with Gasteiger partial charge < -0.3 is 10.6 Å². The summed E-state index contributed by atoms with van der Waals surface area (Å²) in [6.45, 7) is 3.60. The molecule has 0 unspecified atom stereocenters. The molecule has 1 aromatic rings. The predicted molar refractivity (Wildman–Crippen MR) is 84.1 cm³/mol. The summed E-state index contributed by atoms with van der Waals surface area (Å²) in [5.41, 5.74) is 0.674. The van der Waals surface area contributed by atoms with Gasteiger partial charge in [0, 0.05) is 0 Å². The maximum Gasteiger partial charge on any atom is 0.238 e. The van der Waals surface area contributed by atoms with Gasteiger partial charge in [-0.25, -0.2) is 0 Å². The van der Waals surface area contributed by atoms with Gasteiger partial charge in [0.15, 0.2) is 0 Å². The van der Waals surface area contributed by atoms with E-state index in [9.17, 15) is 4.79 Å². The molecule has 0 saturated heterocycles. The van der Waals surface area contributed by atoms with E-state index in [2.05, 4.69) is 17.6 Å². The summed E-state index contributed by atoms with van der Waals surface area (Å²) in [6.07, 6.45) is 5.19. The summed E-state index contributed by atoms with van der Waals surface area (Å²) in [5, 5.41) is 6.65. The molecule has 0 spiro atoms. The highest BCUT2D eigenvalue weighted by Crippen LogP contribution is 2.27. The number of rotatable bonds is 5. The zero-order valence-electron chi connectivity index (χ0n) is 12.0. The number of carbonyl (C=O) groups excluding carboxylic acids is 1. The Kier molecular flexibility index (Phi) is 5.86. The number of benzene rings is 1. The van der Waals surface area contributed by atoms with Gasteiger partial charge in [-0.15, -0.1) is 0 Å². The number of anilines is 1. The van der Waals surface area contributed by atoms with Gasteiger partial charge in [-0.3, -0.25) is 4.79 Å². The van der Waals surface area contributed by atoms with Gasteiger partial charge in [-0.1, -0.05) is 43.5 Å². The standard InChI is InChI=1S/C16H23ClN2O/c1-12-6-8-13(9-7-12)10-18-11-16(20)19-15-5-3-2-4-14(15)17/h2-5,12-13,18H,6-11H2,1H3,(H,19,20). The molecule has 0 radical (unpaired) electrons. The minimum absolute atomic E-state index is 0.0396. The summed E-state index contributed by atoms with van der Waals surface area (Å²) < 4.78 is 0. The summed E-state index contributed by atoms with van der Waals surface area (Å²) in [7, 11) is 0. The van der Waals surface area contributed by atoms with Crippen LogP contribution in [0, 0.1) is 11.8 Å². The summed E-state index contributed by atoms with van der Waals surface area (Å²) in [6, 6.07) is 7.29. The van der Waals surface area contributed by atoms with Gasteiger partial charge in [-0.2, -0.15) is 0 Å². The summed E-state index contributed by atoms with van der Waals surface area (Å²) in [4.78, 5) is 11.8. The van der Waals surface area contributed by atoms with E-state index in [1.165, 1.54) is 25.7 Å². The minimum atomic E-state index is -0.0396. The largest absolute Gasteiger partial charge is 0.324 e. The van der Waals surface area contributed by atoms with Gasteiger partial charge in [0.2, 0.25) is 5.91 Å². The van der Waals surface area contributed by atoms with Crippen molar-refractivity contribution in [3.63, 3.8) is 0 Å². The first-order valence-electron chi connectivity index (χ1n) is 7.40. The molecule has 0 aromatic heterocycles. The number of para-hydroxylation sites is 1. The third-order valence-electron chi connectivity index (χ3n) is 4.00. The van der Waals surface area contributed by atoms with E-state index in [-0.39, 0.29) is 5.91 Å². The molecule has 2 rings (SSSR count). The Hall–Kier alpha value is -1.06. The van der Waals surface area contributed by atoms with Crippen molar-refractivity contribution in [2.45, 2.75) is 32.6 Å². The highest BCUT2D eigenvalue weighted by atomic mass is 35.5. The number of hydrogen-bond donors (Lipinski definition) is 2. The molecule has 0 aliphatic heterocycles. The minimum Gasteiger partial charge on any atom is -0.324 e. The van der Waals surface area contributed by atoms with E-state index in [1.54, 1.807) is 6.07 Å². The van der Waals surface area contributed by atoms with Crippen molar-refractivity contribution in [1.82, 2.24) is 5.32 Å². The Morgan fingerprint density at radius 3 is 2.65 bits per heavy atom. The second kappa shape index (κ2) is 7.65. The van der Waals surface area contributed by atoms with E-state index < -0.39 is 0 Å². The van der Waals surface area contributed by atoms with Crippen LogP contribution in [0.15, 0.2) is 24.3 Å². The van der Waals surface area contributed by atoms with Gasteiger partial charge in [-0.05, 0) is 43.4 Å². The van der Waals surface area contributed by atoms with E-state index in [1.807, 2.05) is 18.2 Å². The molecule has 3 nitrogen and oxygen atoms in total. The Morgan fingerprint density at radius 1 is 1.25 bits per heavy atom. The molecule has 2 N–H and O–H groups in total. The van der Waals surface area contributed by atoms with Crippen LogP contribution in [0.25, 0.3) is 0 Å². The van der Waals surface area contributed by atoms with Crippen LogP contribution in [-0.2, 0) is 4.79 Å². The lowest BCUT2D eigenvalue weighted by Crippen LogP contribution is -2.33. The highest BCUT2D eigenvalue weighted by Gasteiger charge is 2.17. The van der Waals surface area contributed by atoms with Crippen LogP contribution in [0.1, 0.15) is 32.6 Å². The van der Waals surface area contributed by atoms with Crippen LogP contribution < -0.4 is 10.6 Å². The van der Waals surface area contributed by atoms with Crippen molar-refractivity contribution in [2.75, 3.05) is 18.4 Å². The van der Waals surface area contributed by atoms with E-state index in [0.717, 1.165) is 18.4 Å². The SMILES string of the molecule is CC1CCC(CNCC(=O)Nc2ccccc2Cl)CC1. The number of carbonyl (C=O) groups is 1. The zero-order chi connectivity index (χ0) is 14.4. The van der Waals surface area contributed by atoms with Crippen molar-refractivity contribution < 1.29 is 4.79 Å². The Labute approximate surface area is 126 Å². The Bertz CT molecular complexity index is 442. The first-order chi connectivity index (χ1) is 9.65. The van der Waals surface area contributed by atoms with Crippen LogP contribution in [-0.4, -0.2) is 19.0 Å². The monoisotopic (exact) mass is 294 g/mol. The average molecular weight is 295 g/mol. The van der Waals surface area contributed by atoms with Crippen LogP contribution in [0.2, 0.25) is 5.02 Å². The average Bonchev–Trinajstić information content (AvgIpc) is 2.44. The lowest BCUT2D eigenvalue weighted by atomic mass is 9.83. The summed E-state index contributed by atoms with van der Waals surface area (Å²) in [5.74, 6) is 1.55. The molecule has 1 aliphatic rings. The van der Waals surface area contributed by atoms with Crippen molar-refractivity contribution in [1.29, 1.82) is 0 Å². The maximum absolute atomic E-state index is 11.8. The number of nitrogens with one attached hydrogen (secondary N) is 2. The molecule has 20 heavy (non-hydrogen) atoms. The van der Waals surface area contributed by atoms with E-state index >= 15 is 0 Å². The molecular weight excluding hydrogens is 272 g/mol. The summed E-state index contributed by atoms with van der Waals surface area (Å²) >= 11 is 6.00. The van der Waals surface area contributed by atoms with Crippen LogP contribution in [0.3, 0.4) is 0 Å².